The van der Waals surface area contributed by atoms with Gasteiger partial charge >= 0.3 is 0 Å². The number of hydrogen-bond donors (Lipinski definition) is 1. The molecule has 2 rings (SSSR count). The second-order valence-electron chi connectivity index (χ2n) is 5.62. The van der Waals surface area contributed by atoms with Crippen LogP contribution in [0.3, 0.4) is 0 Å². The van der Waals surface area contributed by atoms with E-state index in [1.54, 1.807) is 14.2 Å². The Morgan fingerprint density at radius 2 is 2.05 bits per heavy atom. The number of benzene rings is 1. The van der Waals surface area contributed by atoms with E-state index in [9.17, 15) is 9.90 Å². The van der Waals surface area contributed by atoms with Gasteiger partial charge in [0.2, 0.25) is 0 Å². The Labute approximate surface area is 125 Å². The molecule has 0 aliphatic heterocycles. The molecule has 1 saturated carbocycles. The van der Waals surface area contributed by atoms with Gasteiger partial charge in [0.15, 0.2) is 11.5 Å². The van der Waals surface area contributed by atoms with Gasteiger partial charge in [-0.05, 0) is 37.5 Å². The number of ketones is 1. The van der Waals surface area contributed by atoms with Crippen molar-refractivity contribution in [2.45, 2.75) is 32.3 Å². The molecule has 0 spiro atoms. The standard InChI is InChI=1S/C17H22O4/c1-17(15(18)8-9-16(17)19)10-4-5-12-6-7-13(20-2)14(11-12)21-3/h4-7,11,15,18H,8-10H2,1-3H3/b5-4+/t15-,17+/m0/s1. The minimum atomic E-state index is -0.646. The fraction of sp³-hybridized carbons (Fsp3) is 0.471. The number of methoxy groups -OCH3 is 2. The zero-order valence-electron chi connectivity index (χ0n) is 12.8. The molecule has 1 fully saturated rings. The zero-order chi connectivity index (χ0) is 15.5. The van der Waals surface area contributed by atoms with Crippen LogP contribution in [0.15, 0.2) is 24.3 Å². The molecular formula is C17H22O4. The molecule has 1 aromatic carbocycles. The number of ether oxygens (including phenoxy) is 2. The molecule has 0 radical (unpaired) electrons. The maximum absolute atomic E-state index is 11.9. The summed E-state index contributed by atoms with van der Waals surface area (Å²) in [5.74, 6) is 1.50. The summed E-state index contributed by atoms with van der Waals surface area (Å²) >= 11 is 0. The molecule has 0 aromatic heterocycles. The highest BCUT2D eigenvalue weighted by molar-refractivity contribution is 5.87. The molecule has 0 unspecified atom stereocenters. The van der Waals surface area contributed by atoms with Crippen LogP contribution in [0, 0.1) is 5.41 Å². The highest BCUT2D eigenvalue weighted by atomic mass is 16.5. The molecule has 2 atom stereocenters. The summed E-state index contributed by atoms with van der Waals surface area (Å²) in [6.45, 7) is 1.84. The monoisotopic (exact) mass is 290 g/mol. The summed E-state index contributed by atoms with van der Waals surface area (Å²) < 4.78 is 10.5. The van der Waals surface area contributed by atoms with Gasteiger partial charge in [-0.25, -0.2) is 0 Å². The van der Waals surface area contributed by atoms with E-state index >= 15 is 0 Å². The molecule has 1 aliphatic carbocycles. The van der Waals surface area contributed by atoms with Crippen molar-refractivity contribution in [1.29, 1.82) is 0 Å². The molecule has 1 N–H and O–H groups in total. The van der Waals surface area contributed by atoms with Crippen molar-refractivity contribution in [2.24, 2.45) is 5.41 Å². The van der Waals surface area contributed by atoms with Crippen molar-refractivity contribution in [3.8, 4) is 11.5 Å². The van der Waals surface area contributed by atoms with Crippen LogP contribution in [0.2, 0.25) is 0 Å². The smallest absolute Gasteiger partial charge is 0.161 e. The van der Waals surface area contributed by atoms with Crippen molar-refractivity contribution >= 4 is 11.9 Å². The van der Waals surface area contributed by atoms with E-state index in [-0.39, 0.29) is 5.78 Å². The summed E-state index contributed by atoms with van der Waals surface area (Å²) in [7, 11) is 3.20. The zero-order valence-corrected chi connectivity index (χ0v) is 12.8. The Hall–Kier alpha value is -1.81. The summed E-state index contributed by atoms with van der Waals surface area (Å²) in [5.41, 5.74) is 0.323. The van der Waals surface area contributed by atoms with E-state index in [0.717, 1.165) is 5.56 Å². The average molecular weight is 290 g/mol. The maximum Gasteiger partial charge on any atom is 0.161 e. The van der Waals surface area contributed by atoms with Gasteiger partial charge in [-0.15, -0.1) is 0 Å². The minimum Gasteiger partial charge on any atom is -0.493 e. The van der Waals surface area contributed by atoms with E-state index in [1.165, 1.54) is 0 Å². The molecular weight excluding hydrogens is 268 g/mol. The van der Waals surface area contributed by atoms with E-state index in [4.69, 9.17) is 9.47 Å². The van der Waals surface area contributed by atoms with Crippen LogP contribution in [-0.2, 0) is 4.79 Å². The lowest BCUT2D eigenvalue weighted by atomic mass is 9.82. The topological polar surface area (TPSA) is 55.8 Å². The minimum absolute atomic E-state index is 0.145. The molecule has 4 nitrogen and oxygen atoms in total. The number of aliphatic hydroxyl groups is 1. The number of allylic oxidation sites excluding steroid dienone is 1. The predicted molar refractivity (Wildman–Crippen MR) is 81.6 cm³/mol. The van der Waals surface area contributed by atoms with Crippen molar-refractivity contribution in [3.05, 3.63) is 29.8 Å². The quantitative estimate of drug-likeness (QED) is 0.906. The van der Waals surface area contributed by atoms with Crippen LogP contribution in [0.4, 0.5) is 0 Å². The maximum atomic E-state index is 11.9. The predicted octanol–water partition coefficient (Wildman–Crippen LogP) is 2.84. The third-order valence-corrected chi connectivity index (χ3v) is 4.28. The third kappa shape index (κ3) is 3.10. The Kier molecular flexibility index (Phi) is 4.68. The van der Waals surface area contributed by atoms with Crippen molar-refractivity contribution in [3.63, 3.8) is 0 Å². The first kappa shape index (κ1) is 15.6. The first-order valence-corrected chi connectivity index (χ1v) is 7.11. The van der Waals surface area contributed by atoms with Gasteiger partial charge < -0.3 is 14.6 Å². The Morgan fingerprint density at radius 1 is 1.33 bits per heavy atom. The van der Waals surface area contributed by atoms with E-state index in [0.29, 0.717) is 30.8 Å². The number of Topliss-reactive ketones (excluding diaryl/α,β-unsaturated/α-hetero) is 1. The average Bonchev–Trinajstić information content (AvgIpc) is 2.75. The first-order chi connectivity index (χ1) is 10.0. The highest BCUT2D eigenvalue weighted by Crippen LogP contribution is 2.38. The molecule has 0 amide bonds. The molecule has 21 heavy (non-hydrogen) atoms. The Bertz CT molecular complexity index is 550. The fourth-order valence-electron chi connectivity index (χ4n) is 2.70. The molecule has 114 valence electrons. The van der Waals surface area contributed by atoms with Crippen LogP contribution in [0.25, 0.3) is 6.08 Å². The molecule has 1 aromatic rings. The Morgan fingerprint density at radius 3 is 2.62 bits per heavy atom. The van der Waals surface area contributed by atoms with Crippen LogP contribution in [0.1, 0.15) is 31.7 Å². The second kappa shape index (κ2) is 6.31. The lowest BCUT2D eigenvalue weighted by molar-refractivity contribution is -0.127. The van der Waals surface area contributed by atoms with Crippen molar-refractivity contribution < 1.29 is 19.4 Å². The summed E-state index contributed by atoms with van der Waals surface area (Å²) in [6.07, 6.45) is 4.92. The van der Waals surface area contributed by atoms with Gasteiger partial charge in [0.1, 0.15) is 5.78 Å². The molecule has 0 saturated heterocycles. The van der Waals surface area contributed by atoms with Gasteiger partial charge in [-0.1, -0.05) is 18.2 Å². The normalized spacial score (nSPS) is 25.5. The number of rotatable bonds is 5. The van der Waals surface area contributed by atoms with Gasteiger partial charge in [0, 0.05) is 6.42 Å². The fourth-order valence-corrected chi connectivity index (χ4v) is 2.70. The summed E-state index contributed by atoms with van der Waals surface area (Å²) in [5, 5.41) is 9.98. The lowest BCUT2D eigenvalue weighted by Gasteiger charge is -2.24. The van der Waals surface area contributed by atoms with E-state index < -0.39 is 11.5 Å². The molecule has 0 bridgehead atoms. The van der Waals surface area contributed by atoms with Crippen LogP contribution in [-0.4, -0.2) is 31.2 Å². The van der Waals surface area contributed by atoms with Gasteiger partial charge in [-0.3, -0.25) is 4.79 Å². The van der Waals surface area contributed by atoms with Crippen molar-refractivity contribution in [1.82, 2.24) is 0 Å². The number of aliphatic hydroxyl groups excluding tert-OH is 1. The third-order valence-electron chi connectivity index (χ3n) is 4.28. The van der Waals surface area contributed by atoms with Crippen LogP contribution < -0.4 is 9.47 Å². The molecule has 1 aliphatic rings. The SMILES string of the molecule is COc1ccc(/C=C/C[C@@]2(C)C(=O)CC[C@@H]2O)cc1OC. The van der Waals surface area contributed by atoms with Crippen LogP contribution in [0.5, 0.6) is 11.5 Å². The highest BCUT2D eigenvalue weighted by Gasteiger charge is 2.44. The van der Waals surface area contributed by atoms with Crippen molar-refractivity contribution in [2.75, 3.05) is 14.2 Å². The van der Waals surface area contributed by atoms with Gasteiger partial charge in [0.25, 0.3) is 0 Å². The number of carbonyl (C=O) groups is 1. The molecule has 4 heteroatoms. The molecule has 0 heterocycles. The van der Waals surface area contributed by atoms with Gasteiger partial charge in [-0.2, -0.15) is 0 Å². The lowest BCUT2D eigenvalue weighted by Crippen LogP contribution is -2.32. The van der Waals surface area contributed by atoms with Gasteiger partial charge in [0.05, 0.1) is 25.7 Å². The largest absolute Gasteiger partial charge is 0.493 e. The van der Waals surface area contributed by atoms with Crippen LogP contribution >= 0.6 is 0 Å². The summed E-state index contributed by atoms with van der Waals surface area (Å²) in [6, 6.07) is 5.65. The Balaban J connectivity index is 2.10. The summed E-state index contributed by atoms with van der Waals surface area (Å²) in [4.78, 5) is 11.9. The number of carbonyl (C=O) groups excluding carboxylic acids is 1. The first-order valence-electron chi connectivity index (χ1n) is 7.11. The number of hydrogen-bond acceptors (Lipinski definition) is 4. The van der Waals surface area contributed by atoms with E-state index in [1.807, 2.05) is 37.3 Å². The second-order valence-corrected chi connectivity index (χ2v) is 5.62. The van der Waals surface area contributed by atoms with E-state index in [2.05, 4.69) is 0 Å².